The lowest BCUT2D eigenvalue weighted by molar-refractivity contribution is 0.287. The fourth-order valence-corrected chi connectivity index (χ4v) is 3.54. The van der Waals surface area contributed by atoms with Crippen molar-refractivity contribution in [2.24, 2.45) is 0 Å². The third-order valence-corrected chi connectivity index (χ3v) is 4.93. The summed E-state index contributed by atoms with van der Waals surface area (Å²) in [4.78, 5) is 2.32. The number of hydrogen-bond acceptors (Lipinski definition) is 2. The summed E-state index contributed by atoms with van der Waals surface area (Å²) in [5.74, 6) is 1.08. The summed E-state index contributed by atoms with van der Waals surface area (Å²) in [6.07, 6.45) is 6.71. The predicted molar refractivity (Wildman–Crippen MR) is 110 cm³/mol. The molecule has 1 aliphatic heterocycles. The first-order valence-corrected chi connectivity index (χ1v) is 9.36. The van der Waals surface area contributed by atoms with Gasteiger partial charge in [-0.25, -0.2) is 0 Å². The summed E-state index contributed by atoms with van der Waals surface area (Å²) in [7, 11) is 2.16. The summed E-state index contributed by atoms with van der Waals surface area (Å²) in [5.41, 5.74) is 3.91. The average Bonchev–Trinajstić information content (AvgIpc) is 2.68. The maximum absolute atomic E-state index is 5.79. The second-order valence-electron chi connectivity index (χ2n) is 7.10. The molecule has 0 amide bonds. The minimum absolute atomic E-state index is 0.848. The van der Waals surface area contributed by atoms with Crippen LogP contribution in [-0.2, 0) is 13.0 Å². The largest absolute Gasteiger partial charge is 0.493 e. The van der Waals surface area contributed by atoms with Gasteiger partial charge in [0.2, 0.25) is 0 Å². The average molecular weight is 343 g/mol. The van der Waals surface area contributed by atoms with Gasteiger partial charge in [-0.1, -0.05) is 60.7 Å². The van der Waals surface area contributed by atoms with Gasteiger partial charge in [0.15, 0.2) is 0 Å². The van der Waals surface area contributed by atoms with Crippen LogP contribution in [0.3, 0.4) is 0 Å². The van der Waals surface area contributed by atoms with E-state index in [2.05, 4.69) is 84.8 Å². The van der Waals surface area contributed by atoms with Gasteiger partial charge in [0, 0.05) is 13.1 Å². The van der Waals surface area contributed by atoms with Crippen LogP contribution in [0.4, 0.5) is 0 Å². The first-order chi connectivity index (χ1) is 12.8. The highest BCUT2D eigenvalue weighted by Crippen LogP contribution is 2.26. The molecular weight excluding hydrogens is 318 g/mol. The molecule has 0 bridgehead atoms. The van der Waals surface area contributed by atoms with E-state index in [1.807, 2.05) is 0 Å². The van der Waals surface area contributed by atoms with E-state index in [-0.39, 0.29) is 0 Å². The molecule has 1 aliphatic rings. The normalized spacial score (nSPS) is 13.9. The first kappa shape index (κ1) is 16.9. The number of likely N-dealkylation sites (N-methyl/N-ethyl adjacent to an activating group) is 1. The number of fused-ring (bicyclic) bond motifs is 2. The Kier molecular flexibility index (Phi) is 5.03. The summed E-state index contributed by atoms with van der Waals surface area (Å²) in [6, 6.07) is 21.8. The topological polar surface area (TPSA) is 12.5 Å². The van der Waals surface area contributed by atoms with Crippen molar-refractivity contribution in [2.75, 3.05) is 20.2 Å². The van der Waals surface area contributed by atoms with Crippen molar-refractivity contribution in [3.8, 4) is 5.75 Å². The molecule has 1 heterocycles. The fraction of sp³-hybridized carbons (Fsp3) is 0.250. The van der Waals surface area contributed by atoms with Crippen LogP contribution in [-0.4, -0.2) is 25.1 Å². The van der Waals surface area contributed by atoms with Gasteiger partial charge < -0.3 is 4.74 Å². The second-order valence-corrected chi connectivity index (χ2v) is 7.10. The molecule has 0 aromatic heterocycles. The fourth-order valence-electron chi connectivity index (χ4n) is 3.54. The highest BCUT2D eigenvalue weighted by atomic mass is 16.5. The van der Waals surface area contributed by atoms with Crippen LogP contribution in [0.25, 0.3) is 16.8 Å². The van der Waals surface area contributed by atoms with Crippen molar-refractivity contribution < 1.29 is 4.74 Å². The second kappa shape index (κ2) is 7.76. The zero-order chi connectivity index (χ0) is 17.8. The standard InChI is InChI=1S/C24H25NO/c1-25(18-20-11-13-22-9-5-15-26-24(22)17-20)14-4-6-19-10-12-21-7-2-3-8-23(21)16-19/h2-4,6-8,10-13,16-17H,5,9,14-15,18H2,1H3. The maximum Gasteiger partial charge on any atom is 0.122 e. The van der Waals surface area contributed by atoms with E-state index < -0.39 is 0 Å². The van der Waals surface area contributed by atoms with Crippen molar-refractivity contribution in [3.63, 3.8) is 0 Å². The first-order valence-electron chi connectivity index (χ1n) is 9.36. The van der Waals surface area contributed by atoms with Gasteiger partial charge in [-0.15, -0.1) is 0 Å². The third kappa shape index (κ3) is 3.97. The van der Waals surface area contributed by atoms with E-state index in [9.17, 15) is 0 Å². The molecule has 0 unspecified atom stereocenters. The molecule has 26 heavy (non-hydrogen) atoms. The molecule has 3 aromatic carbocycles. The van der Waals surface area contributed by atoms with Crippen LogP contribution in [0.15, 0.2) is 66.7 Å². The molecule has 0 fully saturated rings. The molecule has 0 aliphatic carbocycles. The van der Waals surface area contributed by atoms with E-state index in [4.69, 9.17) is 4.74 Å². The van der Waals surface area contributed by atoms with Gasteiger partial charge in [-0.2, -0.15) is 0 Å². The minimum atomic E-state index is 0.848. The van der Waals surface area contributed by atoms with Crippen molar-refractivity contribution in [1.29, 1.82) is 0 Å². The van der Waals surface area contributed by atoms with E-state index in [1.54, 1.807) is 0 Å². The lowest BCUT2D eigenvalue weighted by Gasteiger charge is -2.20. The zero-order valence-electron chi connectivity index (χ0n) is 15.3. The zero-order valence-corrected chi connectivity index (χ0v) is 15.3. The Balaban J connectivity index is 1.37. The molecule has 0 atom stereocenters. The van der Waals surface area contributed by atoms with Gasteiger partial charge in [0.1, 0.15) is 5.75 Å². The smallest absolute Gasteiger partial charge is 0.122 e. The molecule has 0 saturated heterocycles. The molecular formula is C24H25NO. The van der Waals surface area contributed by atoms with Gasteiger partial charge >= 0.3 is 0 Å². The Morgan fingerprint density at radius 2 is 1.88 bits per heavy atom. The molecule has 0 spiro atoms. The van der Waals surface area contributed by atoms with Crippen LogP contribution >= 0.6 is 0 Å². The summed E-state index contributed by atoms with van der Waals surface area (Å²) >= 11 is 0. The van der Waals surface area contributed by atoms with Crippen LogP contribution in [0.5, 0.6) is 5.75 Å². The summed E-state index contributed by atoms with van der Waals surface area (Å²) < 4.78 is 5.79. The lowest BCUT2D eigenvalue weighted by atomic mass is 10.0. The highest BCUT2D eigenvalue weighted by Gasteiger charge is 2.11. The van der Waals surface area contributed by atoms with Gasteiger partial charge in [-0.3, -0.25) is 4.90 Å². The number of benzene rings is 3. The Morgan fingerprint density at radius 1 is 1.00 bits per heavy atom. The maximum atomic E-state index is 5.79. The van der Waals surface area contributed by atoms with E-state index in [0.717, 1.165) is 38.3 Å². The van der Waals surface area contributed by atoms with Crippen LogP contribution in [0.1, 0.15) is 23.1 Å². The van der Waals surface area contributed by atoms with Gasteiger partial charge in [0.25, 0.3) is 0 Å². The molecule has 4 rings (SSSR count). The minimum Gasteiger partial charge on any atom is -0.493 e. The molecule has 0 radical (unpaired) electrons. The number of rotatable bonds is 5. The van der Waals surface area contributed by atoms with Crippen molar-refractivity contribution in [1.82, 2.24) is 4.90 Å². The number of aryl methyl sites for hydroxylation is 1. The molecule has 3 aromatic rings. The van der Waals surface area contributed by atoms with Crippen LogP contribution in [0.2, 0.25) is 0 Å². The van der Waals surface area contributed by atoms with Crippen LogP contribution < -0.4 is 4.74 Å². The van der Waals surface area contributed by atoms with Crippen molar-refractivity contribution >= 4 is 16.8 Å². The molecule has 0 N–H and O–H groups in total. The van der Waals surface area contributed by atoms with Crippen molar-refractivity contribution in [2.45, 2.75) is 19.4 Å². The van der Waals surface area contributed by atoms with Crippen LogP contribution in [0, 0.1) is 0 Å². The monoisotopic (exact) mass is 343 g/mol. The summed E-state index contributed by atoms with van der Waals surface area (Å²) in [6.45, 7) is 2.70. The van der Waals surface area contributed by atoms with Gasteiger partial charge in [0.05, 0.1) is 6.61 Å². The molecule has 2 heteroatoms. The Morgan fingerprint density at radius 3 is 2.81 bits per heavy atom. The van der Waals surface area contributed by atoms with E-state index in [0.29, 0.717) is 0 Å². The van der Waals surface area contributed by atoms with Gasteiger partial charge in [-0.05, 0) is 59.5 Å². The Bertz CT molecular complexity index is 928. The molecule has 132 valence electrons. The summed E-state index contributed by atoms with van der Waals surface area (Å²) in [5, 5.41) is 2.58. The quantitative estimate of drug-likeness (QED) is 0.622. The number of ether oxygens (including phenoxy) is 1. The lowest BCUT2D eigenvalue weighted by Crippen LogP contribution is -2.18. The molecule has 2 nitrogen and oxygen atoms in total. The third-order valence-electron chi connectivity index (χ3n) is 4.93. The number of hydrogen-bond donors (Lipinski definition) is 0. The SMILES string of the molecule is CN(CC=Cc1ccc2ccccc2c1)Cc1ccc2c(c1)OCCC2. The number of nitrogens with zero attached hydrogens (tertiary/aromatic N) is 1. The van der Waals surface area contributed by atoms with E-state index >= 15 is 0 Å². The van der Waals surface area contributed by atoms with E-state index in [1.165, 1.54) is 27.5 Å². The Labute approximate surface area is 155 Å². The predicted octanol–water partition coefficient (Wildman–Crippen LogP) is 5.31. The molecule has 0 saturated carbocycles. The highest BCUT2D eigenvalue weighted by molar-refractivity contribution is 5.84. The van der Waals surface area contributed by atoms with Crippen molar-refractivity contribution in [3.05, 3.63) is 83.4 Å². The Hall–Kier alpha value is -2.58.